The van der Waals surface area contributed by atoms with Gasteiger partial charge in [-0.1, -0.05) is 24.3 Å². The highest BCUT2D eigenvalue weighted by molar-refractivity contribution is 6.02. The van der Waals surface area contributed by atoms with Crippen molar-refractivity contribution in [1.29, 1.82) is 0 Å². The average Bonchev–Trinajstić information content (AvgIpc) is 2.73. The molecule has 29 heavy (non-hydrogen) atoms. The number of hydrogen-bond acceptors (Lipinski definition) is 5. The van der Waals surface area contributed by atoms with E-state index < -0.39 is 4.92 Å². The lowest BCUT2D eigenvalue weighted by Gasteiger charge is -2.07. The zero-order valence-corrected chi connectivity index (χ0v) is 15.7. The first-order chi connectivity index (χ1) is 14.0. The molecule has 1 heterocycles. The van der Waals surface area contributed by atoms with Crippen molar-refractivity contribution in [3.05, 3.63) is 99.9 Å². The molecule has 2 aromatic carbocycles. The van der Waals surface area contributed by atoms with Crippen molar-refractivity contribution in [3.63, 3.8) is 0 Å². The van der Waals surface area contributed by atoms with Gasteiger partial charge >= 0.3 is 0 Å². The Morgan fingerprint density at radius 2 is 1.97 bits per heavy atom. The zero-order chi connectivity index (χ0) is 20.6. The van der Waals surface area contributed by atoms with Crippen molar-refractivity contribution in [2.45, 2.75) is 13.5 Å². The molecule has 3 rings (SSSR count). The molecule has 0 spiro atoms. The molecule has 0 aliphatic heterocycles. The van der Waals surface area contributed by atoms with Gasteiger partial charge in [0.15, 0.2) is 0 Å². The highest BCUT2D eigenvalue weighted by atomic mass is 16.6. The molecular formula is C22H19N3O4. The largest absolute Gasteiger partial charge is 0.489 e. The minimum atomic E-state index is -0.473. The number of carbonyl (C=O) groups is 1. The summed E-state index contributed by atoms with van der Waals surface area (Å²) in [5, 5.41) is 13.7. The highest BCUT2D eigenvalue weighted by Crippen LogP contribution is 2.25. The third kappa shape index (κ3) is 5.49. The van der Waals surface area contributed by atoms with Gasteiger partial charge < -0.3 is 10.1 Å². The van der Waals surface area contributed by atoms with Gasteiger partial charge in [-0.15, -0.1) is 0 Å². The molecule has 1 aromatic heterocycles. The van der Waals surface area contributed by atoms with E-state index in [1.807, 2.05) is 36.4 Å². The number of pyridine rings is 1. The van der Waals surface area contributed by atoms with Gasteiger partial charge in [-0.25, -0.2) is 0 Å². The van der Waals surface area contributed by atoms with E-state index in [0.29, 0.717) is 23.6 Å². The number of nitrogens with one attached hydrogen (secondary N) is 1. The molecule has 0 aliphatic rings. The van der Waals surface area contributed by atoms with E-state index in [2.05, 4.69) is 10.3 Å². The standard InChI is InChI=1S/C22H19N3O4/c1-16-20(5-2-6-21(16)25(27)28)24-22(26)12-9-17-7-10-19(11-8-17)29-15-18-4-3-13-23-14-18/h2-14H,15H2,1H3,(H,24,26)/b12-9+. The maximum absolute atomic E-state index is 12.1. The van der Waals surface area contributed by atoms with Crippen molar-refractivity contribution in [2.75, 3.05) is 5.32 Å². The summed E-state index contributed by atoms with van der Waals surface area (Å²) in [4.78, 5) is 26.7. The lowest BCUT2D eigenvalue weighted by molar-refractivity contribution is -0.385. The number of amides is 1. The topological polar surface area (TPSA) is 94.4 Å². The molecule has 0 radical (unpaired) electrons. The van der Waals surface area contributed by atoms with Crippen LogP contribution in [0.4, 0.5) is 11.4 Å². The van der Waals surface area contributed by atoms with Gasteiger partial charge in [-0.05, 0) is 42.8 Å². The average molecular weight is 389 g/mol. The first-order valence-corrected chi connectivity index (χ1v) is 8.88. The molecule has 0 saturated carbocycles. The van der Waals surface area contributed by atoms with Gasteiger partial charge in [0, 0.05) is 30.1 Å². The van der Waals surface area contributed by atoms with Crippen LogP contribution in [0.25, 0.3) is 6.08 Å². The summed E-state index contributed by atoms with van der Waals surface area (Å²) in [5.41, 5.74) is 2.59. The summed E-state index contributed by atoms with van der Waals surface area (Å²) >= 11 is 0. The van der Waals surface area contributed by atoms with Gasteiger partial charge in [0.25, 0.3) is 5.69 Å². The number of anilines is 1. The van der Waals surface area contributed by atoms with Crippen molar-refractivity contribution in [1.82, 2.24) is 4.98 Å². The minimum absolute atomic E-state index is 0.0337. The molecule has 1 amide bonds. The Morgan fingerprint density at radius 1 is 1.17 bits per heavy atom. The van der Waals surface area contributed by atoms with E-state index in [1.54, 1.807) is 31.5 Å². The van der Waals surface area contributed by atoms with E-state index in [4.69, 9.17) is 4.74 Å². The predicted molar refractivity (Wildman–Crippen MR) is 111 cm³/mol. The van der Waals surface area contributed by atoms with Crippen LogP contribution in [-0.2, 0) is 11.4 Å². The normalized spacial score (nSPS) is 10.7. The number of benzene rings is 2. The molecule has 0 saturated heterocycles. The first-order valence-electron chi connectivity index (χ1n) is 8.88. The summed E-state index contributed by atoms with van der Waals surface area (Å²) in [6, 6.07) is 15.7. The van der Waals surface area contributed by atoms with Gasteiger partial charge in [-0.3, -0.25) is 19.9 Å². The Morgan fingerprint density at radius 3 is 2.66 bits per heavy atom. The van der Waals surface area contributed by atoms with Crippen LogP contribution in [0.1, 0.15) is 16.7 Å². The number of aromatic nitrogens is 1. The molecule has 0 atom stereocenters. The number of rotatable bonds is 7. The molecule has 146 valence electrons. The number of nitro groups is 1. The van der Waals surface area contributed by atoms with Crippen LogP contribution in [0.2, 0.25) is 0 Å². The van der Waals surface area contributed by atoms with Crippen LogP contribution in [0.15, 0.2) is 73.1 Å². The van der Waals surface area contributed by atoms with E-state index in [-0.39, 0.29) is 11.6 Å². The zero-order valence-electron chi connectivity index (χ0n) is 15.7. The van der Waals surface area contributed by atoms with E-state index in [0.717, 1.165) is 11.1 Å². The third-order valence-corrected chi connectivity index (χ3v) is 4.20. The lowest BCUT2D eigenvalue weighted by Crippen LogP contribution is -2.09. The Kier molecular flexibility index (Phi) is 6.32. The Bertz CT molecular complexity index is 1030. The summed E-state index contributed by atoms with van der Waals surface area (Å²) in [6.45, 7) is 2.02. The van der Waals surface area contributed by atoms with Crippen LogP contribution in [0, 0.1) is 17.0 Å². The maximum atomic E-state index is 12.1. The number of ether oxygens (including phenoxy) is 1. The van der Waals surface area contributed by atoms with Gasteiger partial charge in [-0.2, -0.15) is 0 Å². The van der Waals surface area contributed by atoms with Crippen LogP contribution in [-0.4, -0.2) is 15.8 Å². The first kappa shape index (κ1) is 19.8. The maximum Gasteiger partial charge on any atom is 0.274 e. The number of hydrogen-bond donors (Lipinski definition) is 1. The molecule has 7 heteroatoms. The van der Waals surface area contributed by atoms with Crippen LogP contribution < -0.4 is 10.1 Å². The van der Waals surface area contributed by atoms with Crippen molar-refractivity contribution >= 4 is 23.4 Å². The Balaban J connectivity index is 1.58. The quantitative estimate of drug-likeness (QED) is 0.364. The third-order valence-electron chi connectivity index (χ3n) is 4.20. The van der Waals surface area contributed by atoms with Crippen molar-refractivity contribution in [2.24, 2.45) is 0 Å². The van der Waals surface area contributed by atoms with E-state index in [9.17, 15) is 14.9 Å². The molecule has 0 fully saturated rings. The molecule has 1 N–H and O–H groups in total. The minimum Gasteiger partial charge on any atom is -0.489 e. The monoisotopic (exact) mass is 389 g/mol. The number of nitro benzene ring substituents is 1. The van der Waals surface area contributed by atoms with Crippen LogP contribution >= 0.6 is 0 Å². The van der Waals surface area contributed by atoms with Crippen LogP contribution in [0.5, 0.6) is 5.75 Å². The molecule has 0 aliphatic carbocycles. The van der Waals surface area contributed by atoms with Gasteiger partial charge in [0.1, 0.15) is 12.4 Å². The lowest BCUT2D eigenvalue weighted by atomic mass is 10.1. The molecule has 0 unspecified atom stereocenters. The second kappa shape index (κ2) is 9.27. The van der Waals surface area contributed by atoms with E-state index in [1.165, 1.54) is 18.2 Å². The second-order valence-electron chi connectivity index (χ2n) is 6.25. The predicted octanol–water partition coefficient (Wildman–Crippen LogP) is 4.53. The molecule has 0 bridgehead atoms. The van der Waals surface area contributed by atoms with Crippen molar-refractivity contribution in [3.8, 4) is 5.75 Å². The Hall–Kier alpha value is -4.00. The fourth-order valence-corrected chi connectivity index (χ4v) is 2.63. The summed E-state index contributed by atoms with van der Waals surface area (Å²) in [5.74, 6) is 0.341. The van der Waals surface area contributed by atoms with Gasteiger partial charge in [0.05, 0.1) is 16.2 Å². The fourth-order valence-electron chi connectivity index (χ4n) is 2.63. The second-order valence-corrected chi connectivity index (χ2v) is 6.25. The van der Waals surface area contributed by atoms with Crippen molar-refractivity contribution < 1.29 is 14.5 Å². The molecule has 3 aromatic rings. The highest BCUT2D eigenvalue weighted by Gasteiger charge is 2.13. The molecular weight excluding hydrogens is 370 g/mol. The smallest absolute Gasteiger partial charge is 0.274 e. The number of carbonyl (C=O) groups excluding carboxylic acids is 1. The van der Waals surface area contributed by atoms with Gasteiger partial charge in [0.2, 0.25) is 5.91 Å². The summed E-state index contributed by atoms with van der Waals surface area (Å²) < 4.78 is 5.70. The molecule has 7 nitrogen and oxygen atoms in total. The summed E-state index contributed by atoms with van der Waals surface area (Å²) in [7, 11) is 0. The number of nitrogens with zero attached hydrogens (tertiary/aromatic N) is 2. The fraction of sp³-hybridized carbons (Fsp3) is 0.0909. The Labute approximate surface area is 167 Å². The van der Waals surface area contributed by atoms with E-state index >= 15 is 0 Å². The summed E-state index contributed by atoms with van der Waals surface area (Å²) in [6.07, 6.45) is 6.50. The SMILES string of the molecule is Cc1c(NC(=O)/C=C/c2ccc(OCc3cccnc3)cc2)cccc1[N+](=O)[O-]. The van der Waals surface area contributed by atoms with Crippen LogP contribution in [0.3, 0.4) is 0 Å².